The molecule has 0 saturated carbocycles. The van der Waals surface area contributed by atoms with Crippen LogP contribution >= 0.6 is 11.8 Å². The van der Waals surface area contributed by atoms with Crippen LogP contribution < -0.4 is 4.74 Å². The highest BCUT2D eigenvalue weighted by Gasteiger charge is 2.53. The van der Waals surface area contributed by atoms with Crippen molar-refractivity contribution in [3.63, 3.8) is 0 Å². The number of likely N-dealkylation sites (tertiary alicyclic amines) is 1. The molecule has 1 aromatic carbocycles. The molecule has 1 aromatic rings. The second kappa shape index (κ2) is 7.01. The number of hydrogen-bond acceptors (Lipinski definition) is 7. The molecule has 2 heterocycles. The molecule has 1 spiro atoms. The number of non-ortho nitro benzene ring substituents is 1. The van der Waals surface area contributed by atoms with Crippen LogP contribution in [-0.4, -0.2) is 57.5 Å². The zero-order valence-electron chi connectivity index (χ0n) is 13.4. The van der Waals surface area contributed by atoms with Gasteiger partial charge in [0.2, 0.25) is 11.8 Å². The third-order valence-corrected chi connectivity index (χ3v) is 5.71. The number of rotatable bonds is 6. The van der Waals surface area contributed by atoms with E-state index in [0.29, 0.717) is 12.2 Å². The standard InChI is InChI=1S/C16H18N2O6S/c19-12(9-24-13-3-1-2-11(6-13)18(22)23)8-17-14(20)7-16(15(17)21)4-5-25-10-16/h1-3,6,12,19H,4-5,7-10H2/t12-,16+/m1/s1. The summed E-state index contributed by atoms with van der Waals surface area (Å²) >= 11 is 1.67. The molecule has 25 heavy (non-hydrogen) atoms. The Balaban J connectivity index is 1.57. The summed E-state index contributed by atoms with van der Waals surface area (Å²) in [5.41, 5.74) is -0.708. The lowest BCUT2D eigenvalue weighted by atomic mass is 9.86. The number of benzene rings is 1. The Labute approximate surface area is 148 Å². The van der Waals surface area contributed by atoms with Crippen molar-refractivity contribution >= 4 is 29.3 Å². The Morgan fingerprint density at radius 1 is 1.44 bits per heavy atom. The zero-order valence-corrected chi connectivity index (χ0v) is 14.2. The second-order valence-corrected chi connectivity index (χ2v) is 7.39. The zero-order chi connectivity index (χ0) is 18.0. The fourth-order valence-corrected chi connectivity index (χ4v) is 4.54. The predicted octanol–water partition coefficient (Wildman–Crippen LogP) is 1.22. The Bertz CT molecular complexity index is 704. The largest absolute Gasteiger partial charge is 0.491 e. The maximum atomic E-state index is 12.5. The van der Waals surface area contributed by atoms with Gasteiger partial charge in [-0.15, -0.1) is 0 Å². The van der Waals surface area contributed by atoms with Crippen molar-refractivity contribution in [1.82, 2.24) is 4.90 Å². The molecule has 2 amide bonds. The van der Waals surface area contributed by atoms with E-state index in [1.165, 1.54) is 24.3 Å². The fraction of sp³-hybridized carbons (Fsp3) is 0.500. The molecule has 2 aliphatic rings. The predicted molar refractivity (Wildman–Crippen MR) is 90.3 cm³/mol. The number of amides is 2. The SMILES string of the molecule is O=C1C[C@]2(CCSC2)C(=O)N1C[C@@H](O)COc1cccc([N+](=O)[O-])c1. The Morgan fingerprint density at radius 3 is 2.92 bits per heavy atom. The monoisotopic (exact) mass is 366 g/mol. The number of nitrogens with zero attached hydrogens (tertiary/aromatic N) is 2. The Kier molecular flexibility index (Phi) is 4.96. The minimum absolute atomic E-state index is 0.113. The highest BCUT2D eigenvalue weighted by atomic mass is 32.2. The van der Waals surface area contributed by atoms with Gasteiger partial charge < -0.3 is 9.84 Å². The summed E-state index contributed by atoms with van der Waals surface area (Å²) in [6.07, 6.45) is -0.160. The van der Waals surface area contributed by atoms with Crippen LogP contribution in [0.4, 0.5) is 5.69 Å². The van der Waals surface area contributed by atoms with E-state index in [1.54, 1.807) is 11.8 Å². The van der Waals surface area contributed by atoms with Crippen molar-refractivity contribution < 1.29 is 24.4 Å². The van der Waals surface area contributed by atoms with Gasteiger partial charge in [0, 0.05) is 18.2 Å². The lowest BCUT2D eigenvalue weighted by molar-refractivity contribution is -0.384. The Morgan fingerprint density at radius 2 is 2.24 bits per heavy atom. The smallest absolute Gasteiger partial charge is 0.273 e. The van der Waals surface area contributed by atoms with Crippen LogP contribution in [0.1, 0.15) is 12.8 Å². The summed E-state index contributed by atoms with van der Waals surface area (Å²) in [6, 6.07) is 5.61. The van der Waals surface area contributed by atoms with Crippen LogP contribution in [0.2, 0.25) is 0 Å². The number of carbonyl (C=O) groups is 2. The van der Waals surface area contributed by atoms with Gasteiger partial charge in [-0.1, -0.05) is 6.07 Å². The molecule has 2 atom stereocenters. The number of ether oxygens (including phenoxy) is 1. The maximum Gasteiger partial charge on any atom is 0.273 e. The van der Waals surface area contributed by atoms with Crippen LogP contribution in [0.5, 0.6) is 5.75 Å². The van der Waals surface area contributed by atoms with E-state index in [4.69, 9.17) is 4.74 Å². The van der Waals surface area contributed by atoms with E-state index in [-0.39, 0.29) is 42.8 Å². The molecule has 2 fully saturated rings. The minimum atomic E-state index is -1.06. The van der Waals surface area contributed by atoms with Crippen molar-refractivity contribution in [3.8, 4) is 5.75 Å². The summed E-state index contributed by atoms with van der Waals surface area (Å²) in [7, 11) is 0. The van der Waals surface area contributed by atoms with Crippen molar-refractivity contribution in [2.24, 2.45) is 5.41 Å². The number of aliphatic hydroxyl groups is 1. The molecule has 0 bridgehead atoms. The highest BCUT2D eigenvalue weighted by Crippen LogP contribution is 2.44. The molecule has 8 nitrogen and oxygen atoms in total. The molecule has 9 heteroatoms. The van der Waals surface area contributed by atoms with Gasteiger partial charge in [0.1, 0.15) is 18.5 Å². The molecular weight excluding hydrogens is 348 g/mol. The first-order valence-corrected chi connectivity index (χ1v) is 9.05. The van der Waals surface area contributed by atoms with Crippen LogP contribution in [0.25, 0.3) is 0 Å². The van der Waals surface area contributed by atoms with E-state index < -0.39 is 16.4 Å². The minimum Gasteiger partial charge on any atom is -0.491 e. The van der Waals surface area contributed by atoms with Gasteiger partial charge in [0.05, 0.1) is 22.9 Å². The third-order valence-electron chi connectivity index (χ3n) is 4.46. The average molecular weight is 366 g/mol. The summed E-state index contributed by atoms with van der Waals surface area (Å²) in [5, 5.41) is 20.8. The molecule has 3 rings (SSSR count). The molecular formula is C16H18N2O6S. The first kappa shape index (κ1) is 17.7. The molecule has 0 aromatic heterocycles. The van der Waals surface area contributed by atoms with Crippen LogP contribution in [0, 0.1) is 15.5 Å². The van der Waals surface area contributed by atoms with Crippen LogP contribution in [0.3, 0.4) is 0 Å². The molecule has 2 saturated heterocycles. The number of aliphatic hydroxyl groups excluding tert-OH is 1. The van der Waals surface area contributed by atoms with Crippen molar-refractivity contribution in [3.05, 3.63) is 34.4 Å². The quantitative estimate of drug-likeness (QED) is 0.458. The van der Waals surface area contributed by atoms with Gasteiger partial charge in [-0.2, -0.15) is 11.8 Å². The second-order valence-electron chi connectivity index (χ2n) is 6.29. The number of imide groups is 1. The van der Waals surface area contributed by atoms with Crippen LogP contribution in [-0.2, 0) is 9.59 Å². The van der Waals surface area contributed by atoms with Gasteiger partial charge in [0.15, 0.2) is 0 Å². The third kappa shape index (κ3) is 3.62. The molecule has 134 valence electrons. The summed E-state index contributed by atoms with van der Waals surface area (Å²) in [4.78, 5) is 36.0. The topological polar surface area (TPSA) is 110 Å². The lowest BCUT2D eigenvalue weighted by Crippen LogP contribution is -2.41. The number of nitro groups is 1. The van der Waals surface area contributed by atoms with E-state index in [1.807, 2.05) is 0 Å². The van der Waals surface area contributed by atoms with Gasteiger partial charge in [-0.05, 0) is 18.2 Å². The number of β-amino-alcohol motifs (C(OH)–C–C–N with tert-alkyl or cyclic N) is 1. The number of thioether (sulfide) groups is 1. The van der Waals surface area contributed by atoms with Crippen molar-refractivity contribution in [2.45, 2.75) is 18.9 Å². The first-order chi connectivity index (χ1) is 11.9. The van der Waals surface area contributed by atoms with Crippen molar-refractivity contribution in [1.29, 1.82) is 0 Å². The molecule has 0 unspecified atom stereocenters. The Hall–Kier alpha value is -2.13. The van der Waals surface area contributed by atoms with Gasteiger partial charge in [0.25, 0.3) is 5.69 Å². The average Bonchev–Trinajstić information content (AvgIpc) is 3.14. The van der Waals surface area contributed by atoms with Gasteiger partial charge >= 0.3 is 0 Å². The summed E-state index contributed by atoms with van der Waals surface area (Å²) < 4.78 is 5.35. The fourth-order valence-electron chi connectivity index (χ4n) is 3.10. The van der Waals surface area contributed by atoms with E-state index in [2.05, 4.69) is 0 Å². The summed E-state index contributed by atoms with van der Waals surface area (Å²) in [5.74, 6) is 1.29. The maximum absolute atomic E-state index is 12.5. The molecule has 2 aliphatic heterocycles. The number of nitro benzene ring substituents is 1. The number of hydrogen-bond donors (Lipinski definition) is 1. The van der Waals surface area contributed by atoms with Gasteiger partial charge in [-0.25, -0.2) is 0 Å². The molecule has 1 N–H and O–H groups in total. The van der Waals surface area contributed by atoms with Crippen LogP contribution in [0.15, 0.2) is 24.3 Å². The normalized spacial score (nSPS) is 24.1. The number of carbonyl (C=O) groups excluding carboxylic acids is 2. The molecule has 0 radical (unpaired) electrons. The summed E-state index contributed by atoms with van der Waals surface area (Å²) in [6.45, 7) is -0.293. The lowest BCUT2D eigenvalue weighted by Gasteiger charge is -2.22. The molecule has 0 aliphatic carbocycles. The van der Waals surface area contributed by atoms with E-state index in [0.717, 1.165) is 10.7 Å². The highest BCUT2D eigenvalue weighted by molar-refractivity contribution is 7.99. The van der Waals surface area contributed by atoms with Gasteiger partial charge in [-0.3, -0.25) is 24.6 Å². The van der Waals surface area contributed by atoms with E-state index in [9.17, 15) is 24.8 Å². The van der Waals surface area contributed by atoms with Crippen molar-refractivity contribution in [2.75, 3.05) is 24.7 Å². The van der Waals surface area contributed by atoms with E-state index >= 15 is 0 Å². The first-order valence-electron chi connectivity index (χ1n) is 7.89.